The number of ether oxygens (including phenoxy) is 1. The van der Waals surface area contributed by atoms with Crippen molar-refractivity contribution in [2.45, 2.75) is 58.8 Å². The van der Waals surface area contributed by atoms with Crippen molar-refractivity contribution in [1.29, 1.82) is 0 Å². The lowest BCUT2D eigenvalue weighted by atomic mass is 10.1. The number of hydrogen-bond donors (Lipinski definition) is 0. The average Bonchev–Trinajstić information content (AvgIpc) is 2.87. The molecule has 0 aliphatic heterocycles. The standard InChI is InChI=1S/C29H35N3O/c1-3-5-7-8-22-33-29-20-18-28(19-21-29)32-31-27-16-12-25(13-17-27)23-30-26-14-10-24(11-15-26)9-6-4-2/h10-21,23H,3-9,22H2,1-2H3. The van der Waals surface area contributed by atoms with Crippen LogP contribution < -0.4 is 4.74 Å². The van der Waals surface area contributed by atoms with Gasteiger partial charge in [-0.1, -0.05) is 63.8 Å². The minimum absolute atomic E-state index is 0.765. The molecule has 4 nitrogen and oxygen atoms in total. The maximum absolute atomic E-state index is 5.78. The van der Waals surface area contributed by atoms with Crippen LogP contribution in [0.1, 0.15) is 63.5 Å². The van der Waals surface area contributed by atoms with Gasteiger partial charge in [0.15, 0.2) is 0 Å². The zero-order valence-corrected chi connectivity index (χ0v) is 19.9. The van der Waals surface area contributed by atoms with Gasteiger partial charge in [0.1, 0.15) is 5.75 Å². The summed E-state index contributed by atoms with van der Waals surface area (Å²) in [6.45, 7) is 5.20. The van der Waals surface area contributed by atoms with Crippen LogP contribution in [-0.2, 0) is 6.42 Å². The fourth-order valence-electron chi connectivity index (χ4n) is 3.35. The Balaban J connectivity index is 1.48. The Hall–Kier alpha value is -3.27. The van der Waals surface area contributed by atoms with Gasteiger partial charge in [-0.25, -0.2) is 0 Å². The van der Waals surface area contributed by atoms with Gasteiger partial charge in [0.25, 0.3) is 0 Å². The molecular formula is C29H35N3O. The van der Waals surface area contributed by atoms with Crippen molar-refractivity contribution >= 4 is 23.3 Å². The molecule has 0 amide bonds. The third-order valence-electron chi connectivity index (χ3n) is 5.40. The van der Waals surface area contributed by atoms with Crippen LogP contribution in [-0.4, -0.2) is 12.8 Å². The van der Waals surface area contributed by atoms with Crippen molar-refractivity contribution in [3.63, 3.8) is 0 Å². The van der Waals surface area contributed by atoms with Crippen LogP contribution >= 0.6 is 0 Å². The predicted molar refractivity (Wildman–Crippen MR) is 139 cm³/mol. The van der Waals surface area contributed by atoms with Gasteiger partial charge in [-0.3, -0.25) is 4.99 Å². The highest BCUT2D eigenvalue weighted by Gasteiger charge is 1.97. The van der Waals surface area contributed by atoms with Crippen molar-refractivity contribution in [2.24, 2.45) is 15.2 Å². The largest absolute Gasteiger partial charge is 0.494 e. The minimum atomic E-state index is 0.765. The molecular weight excluding hydrogens is 406 g/mol. The van der Waals surface area contributed by atoms with E-state index in [0.717, 1.165) is 47.8 Å². The normalized spacial score (nSPS) is 11.5. The fourth-order valence-corrected chi connectivity index (χ4v) is 3.35. The second-order valence-corrected chi connectivity index (χ2v) is 8.22. The number of hydrogen-bond acceptors (Lipinski definition) is 4. The van der Waals surface area contributed by atoms with E-state index in [1.54, 1.807) is 0 Å². The molecule has 0 heterocycles. The van der Waals surface area contributed by atoms with E-state index in [4.69, 9.17) is 4.74 Å². The number of azo groups is 1. The predicted octanol–water partition coefficient (Wildman–Crippen LogP) is 9.15. The van der Waals surface area contributed by atoms with Gasteiger partial charge in [0, 0.05) is 6.21 Å². The van der Waals surface area contributed by atoms with Crippen LogP contribution in [0.25, 0.3) is 0 Å². The molecule has 4 heteroatoms. The lowest BCUT2D eigenvalue weighted by Gasteiger charge is -2.05. The Morgan fingerprint density at radius 2 is 1.24 bits per heavy atom. The van der Waals surface area contributed by atoms with Crippen molar-refractivity contribution in [3.05, 3.63) is 83.9 Å². The molecule has 3 aromatic carbocycles. The topological polar surface area (TPSA) is 46.3 Å². The summed E-state index contributed by atoms with van der Waals surface area (Å²) < 4.78 is 5.78. The van der Waals surface area contributed by atoms with Gasteiger partial charge < -0.3 is 4.74 Å². The highest BCUT2D eigenvalue weighted by Crippen LogP contribution is 2.22. The molecule has 0 radical (unpaired) electrons. The number of aryl methyl sites for hydroxylation is 1. The van der Waals surface area contributed by atoms with Gasteiger partial charge in [0.05, 0.1) is 23.7 Å². The smallest absolute Gasteiger partial charge is 0.119 e. The van der Waals surface area contributed by atoms with Gasteiger partial charge in [-0.2, -0.15) is 10.2 Å². The van der Waals surface area contributed by atoms with E-state index in [2.05, 4.69) is 53.3 Å². The average molecular weight is 442 g/mol. The van der Waals surface area contributed by atoms with Gasteiger partial charge in [-0.15, -0.1) is 0 Å². The molecule has 0 bridgehead atoms. The second kappa shape index (κ2) is 14.0. The number of unbranched alkanes of at least 4 members (excludes halogenated alkanes) is 4. The van der Waals surface area contributed by atoms with Gasteiger partial charge >= 0.3 is 0 Å². The molecule has 0 spiro atoms. The summed E-state index contributed by atoms with van der Waals surface area (Å²) in [7, 11) is 0. The number of rotatable bonds is 13. The SMILES string of the molecule is CCCCCCOc1ccc(N=Nc2ccc(C=Nc3ccc(CCCC)cc3)cc2)cc1. The highest BCUT2D eigenvalue weighted by molar-refractivity contribution is 5.82. The lowest BCUT2D eigenvalue weighted by molar-refractivity contribution is 0.305. The third-order valence-corrected chi connectivity index (χ3v) is 5.40. The Morgan fingerprint density at radius 3 is 1.88 bits per heavy atom. The Kier molecular flexibility index (Phi) is 10.3. The van der Waals surface area contributed by atoms with Crippen molar-refractivity contribution < 1.29 is 4.74 Å². The second-order valence-electron chi connectivity index (χ2n) is 8.22. The molecule has 33 heavy (non-hydrogen) atoms. The van der Waals surface area contributed by atoms with Crippen LogP contribution in [0, 0.1) is 0 Å². The van der Waals surface area contributed by atoms with Crippen LogP contribution in [0.2, 0.25) is 0 Å². The first kappa shape index (κ1) is 24.4. The zero-order valence-electron chi connectivity index (χ0n) is 19.9. The Morgan fingerprint density at radius 1 is 0.636 bits per heavy atom. The summed E-state index contributed by atoms with van der Waals surface area (Å²) in [6.07, 6.45) is 10.3. The summed E-state index contributed by atoms with van der Waals surface area (Å²) in [4.78, 5) is 4.57. The van der Waals surface area contributed by atoms with Crippen LogP contribution in [0.15, 0.2) is 88.0 Å². The molecule has 0 aliphatic rings. The lowest BCUT2D eigenvalue weighted by Crippen LogP contribution is -1.96. The first-order valence-corrected chi connectivity index (χ1v) is 12.1. The van der Waals surface area contributed by atoms with E-state index in [1.807, 2.05) is 54.7 Å². The quantitative estimate of drug-likeness (QED) is 0.148. The highest BCUT2D eigenvalue weighted by atomic mass is 16.5. The summed E-state index contributed by atoms with van der Waals surface area (Å²) in [6, 6.07) is 24.1. The minimum Gasteiger partial charge on any atom is -0.494 e. The Bertz CT molecular complexity index is 991. The molecule has 3 rings (SSSR count). The van der Waals surface area contributed by atoms with Crippen molar-refractivity contribution in [1.82, 2.24) is 0 Å². The van der Waals surface area contributed by atoms with Crippen molar-refractivity contribution in [2.75, 3.05) is 6.61 Å². The molecule has 0 unspecified atom stereocenters. The van der Waals surface area contributed by atoms with E-state index in [0.29, 0.717) is 0 Å². The number of benzene rings is 3. The number of nitrogens with zero attached hydrogens (tertiary/aromatic N) is 3. The molecule has 0 N–H and O–H groups in total. The molecule has 0 fully saturated rings. The maximum atomic E-state index is 5.78. The van der Waals surface area contributed by atoms with E-state index in [9.17, 15) is 0 Å². The van der Waals surface area contributed by atoms with Crippen LogP contribution in [0.3, 0.4) is 0 Å². The van der Waals surface area contributed by atoms with Gasteiger partial charge in [0.2, 0.25) is 0 Å². The molecule has 172 valence electrons. The summed E-state index contributed by atoms with van der Waals surface area (Å²) in [5.74, 6) is 0.879. The fraction of sp³-hybridized carbons (Fsp3) is 0.345. The summed E-state index contributed by atoms with van der Waals surface area (Å²) in [5.41, 5.74) is 4.98. The monoisotopic (exact) mass is 441 g/mol. The van der Waals surface area contributed by atoms with E-state index in [-0.39, 0.29) is 0 Å². The molecule has 0 atom stereocenters. The van der Waals surface area contributed by atoms with Crippen LogP contribution in [0.5, 0.6) is 5.75 Å². The molecule has 0 saturated heterocycles. The Labute approximate surface area is 198 Å². The van der Waals surface area contributed by atoms with Crippen molar-refractivity contribution in [3.8, 4) is 5.75 Å². The zero-order chi connectivity index (χ0) is 23.1. The first-order chi connectivity index (χ1) is 16.3. The van der Waals surface area contributed by atoms with E-state index in [1.165, 1.54) is 37.7 Å². The maximum Gasteiger partial charge on any atom is 0.119 e. The van der Waals surface area contributed by atoms with E-state index >= 15 is 0 Å². The molecule has 0 aromatic heterocycles. The summed E-state index contributed by atoms with van der Waals surface area (Å²) in [5, 5.41) is 8.66. The van der Waals surface area contributed by atoms with Gasteiger partial charge in [-0.05, 0) is 78.9 Å². The van der Waals surface area contributed by atoms with Crippen LogP contribution in [0.4, 0.5) is 17.1 Å². The third kappa shape index (κ3) is 9.01. The molecule has 3 aromatic rings. The van der Waals surface area contributed by atoms with E-state index < -0.39 is 0 Å². The molecule has 0 saturated carbocycles. The number of aliphatic imine (C=N–C) groups is 1. The first-order valence-electron chi connectivity index (χ1n) is 12.1. The summed E-state index contributed by atoms with van der Waals surface area (Å²) >= 11 is 0. The molecule has 0 aliphatic carbocycles.